The lowest BCUT2D eigenvalue weighted by Crippen LogP contribution is -2.48. The highest BCUT2D eigenvalue weighted by Crippen LogP contribution is 2.32. The van der Waals surface area contributed by atoms with Gasteiger partial charge in [0.25, 0.3) is 0 Å². The molecule has 1 unspecified atom stereocenters. The van der Waals surface area contributed by atoms with E-state index in [1.807, 2.05) is 0 Å². The number of aliphatic carboxylic acids is 1. The van der Waals surface area contributed by atoms with Gasteiger partial charge in [-0.3, -0.25) is 4.79 Å². The van der Waals surface area contributed by atoms with E-state index in [0.717, 1.165) is 12.8 Å². The Morgan fingerprint density at radius 2 is 2.06 bits per heavy atom. The zero-order valence-electron chi connectivity index (χ0n) is 8.86. The van der Waals surface area contributed by atoms with E-state index in [-0.39, 0.29) is 12.5 Å². The van der Waals surface area contributed by atoms with E-state index in [1.54, 1.807) is 0 Å². The minimum absolute atomic E-state index is 0.00127. The van der Waals surface area contributed by atoms with E-state index in [2.05, 4.69) is 15.4 Å². The monoisotopic (exact) mass is 230 g/mol. The third-order valence-corrected chi connectivity index (χ3v) is 2.27. The lowest BCUT2D eigenvalue weighted by Gasteiger charge is -2.13. The van der Waals surface area contributed by atoms with Gasteiger partial charge in [0.1, 0.15) is 12.6 Å². The van der Waals surface area contributed by atoms with Crippen molar-refractivity contribution in [2.45, 2.75) is 18.9 Å². The van der Waals surface area contributed by atoms with Crippen LogP contribution in [-0.4, -0.2) is 42.8 Å². The molecule has 0 saturated heterocycles. The molecule has 7 nitrogen and oxygen atoms in total. The Morgan fingerprint density at radius 3 is 2.50 bits per heavy atom. The van der Waals surface area contributed by atoms with Gasteiger partial charge in [0.2, 0.25) is 0 Å². The number of hydrogen-bond donors (Lipinski definition) is 3. The molecule has 1 rings (SSSR count). The maximum atomic E-state index is 11.2. The van der Waals surface area contributed by atoms with Gasteiger partial charge in [-0.05, 0) is 18.8 Å². The van der Waals surface area contributed by atoms with Crippen LogP contribution in [0, 0.1) is 5.92 Å². The van der Waals surface area contributed by atoms with Gasteiger partial charge in [0.05, 0.1) is 7.11 Å². The van der Waals surface area contributed by atoms with Crippen LogP contribution in [0.2, 0.25) is 0 Å². The topological polar surface area (TPSA) is 105 Å². The predicted molar refractivity (Wildman–Crippen MR) is 52.7 cm³/mol. The molecule has 0 aromatic rings. The van der Waals surface area contributed by atoms with Crippen molar-refractivity contribution in [1.82, 2.24) is 10.6 Å². The lowest BCUT2D eigenvalue weighted by atomic mass is 10.2. The highest BCUT2D eigenvalue weighted by Gasteiger charge is 2.37. The van der Waals surface area contributed by atoms with E-state index >= 15 is 0 Å². The molecule has 90 valence electrons. The fraction of sp³-hybridized carbons (Fsp3) is 0.667. The highest BCUT2D eigenvalue weighted by molar-refractivity contribution is 5.85. The van der Waals surface area contributed by atoms with Crippen molar-refractivity contribution in [3.63, 3.8) is 0 Å². The van der Waals surface area contributed by atoms with Crippen LogP contribution < -0.4 is 10.6 Å². The number of carboxylic acid groups (broad SMARTS) is 1. The largest absolute Gasteiger partial charge is 0.480 e. The molecular formula is C9H14N2O5. The second kappa shape index (κ2) is 5.34. The molecule has 1 fully saturated rings. The number of carboxylic acids is 1. The summed E-state index contributed by atoms with van der Waals surface area (Å²) in [6, 6.07) is -1.55. The Hall–Kier alpha value is -1.79. The van der Waals surface area contributed by atoms with Crippen LogP contribution in [0.5, 0.6) is 0 Å². The van der Waals surface area contributed by atoms with Crippen molar-refractivity contribution in [3.05, 3.63) is 0 Å². The number of esters is 1. The van der Waals surface area contributed by atoms with Gasteiger partial charge in [-0.15, -0.1) is 0 Å². The Kier molecular flexibility index (Phi) is 4.10. The van der Waals surface area contributed by atoms with Crippen LogP contribution in [0.3, 0.4) is 0 Å². The number of carbonyl (C=O) groups excluding carboxylic acids is 2. The molecule has 16 heavy (non-hydrogen) atoms. The number of methoxy groups -OCH3 is 1. The summed E-state index contributed by atoms with van der Waals surface area (Å²) in [7, 11) is 1.20. The maximum Gasteiger partial charge on any atom is 0.326 e. The number of amides is 2. The average molecular weight is 230 g/mol. The second-order valence-corrected chi connectivity index (χ2v) is 3.56. The molecule has 0 bridgehead atoms. The molecule has 3 N–H and O–H groups in total. The molecule has 1 aliphatic rings. The van der Waals surface area contributed by atoms with Gasteiger partial charge in [-0.2, -0.15) is 0 Å². The Bertz CT molecular complexity index is 300. The average Bonchev–Trinajstić information content (AvgIpc) is 3.05. The number of urea groups is 1. The Morgan fingerprint density at radius 1 is 1.44 bits per heavy atom. The quantitative estimate of drug-likeness (QED) is 0.543. The summed E-state index contributed by atoms with van der Waals surface area (Å²) in [5.41, 5.74) is 0. The van der Waals surface area contributed by atoms with Gasteiger partial charge in [-0.25, -0.2) is 9.59 Å². The molecule has 0 radical (unpaired) electrons. The number of ether oxygens (including phenoxy) is 1. The minimum atomic E-state index is -1.06. The van der Waals surface area contributed by atoms with E-state index in [4.69, 9.17) is 5.11 Å². The van der Waals surface area contributed by atoms with Crippen molar-refractivity contribution in [3.8, 4) is 0 Å². The zero-order valence-corrected chi connectivity index (χ0v) is 8.86. The van der Waals surface area contributed by atoms with Crippen LogP contribution >= 0.6 is 0 Å². The van der Waals surface area contributed by atoms with Crippen molar-refractivity contribution in [1.29, 1.82) is 0 Å². The first kappa shape index (κ1) is 12.3. The molecule has 0 aromatic heterocycles. The van der Waals surface area contributed by atoms with Crippen LogP contribution in [-0.2, 0) is 14.3 Å². The Balaban J connectivity index is 2.31. The smallest absolute Gasteiger partial charge is 0.326 e. The van der Waals surface area contributed by atoms with Crippen molar-refractivity contribution < 1.29 is 24.2 Å². The zero-order chi connectivity index (χ0) is 12.1. The fourth-order valence-corrected chi connectivity index (χ4v) is 1.23. The Labute approximate surface area is 92.1 Å². The van der Waals surface area contributed by atoms with Crippen molar-refractivity contribution >= 4 is 18.0 Å². The molecular weight excluding hydrogens is 216 g/mol. The van der Waals surface area contributed by atoms with Crippen LogP contribution in [0.25, 0.3) is 0 Å². The molecule has 0 spiro atoms. The van der Waals surface area contributed by atoms with Gasteiger partial charge in [-0.1, -0.05) is 0 Å². The first-order valence-corrected chi connectivity index (χ1v) is 4.88. The van der Waals surface area contributed by atoms with Gasteiger partial charge < -0.3 is 20.5 Å². The summed E-state index contributed by atoms with van der Waals surface area (Å²) in [5, 5.41) is 13.3. The van der Waals surface area contributed by atoms with Crippen LogP contribution in [0.4, 0.5) is 4.79 Å². The van der Waals surface area contributed by atoms with Crippen LogP contribution in [0.1, 0.15) is 12.8 Å². The summed E-state index contributed by atoms with van der Waals surface area (Å²) in [6.07, 6.45) is 1.60. The number of carbonyl (C=O) groups is 3. The predicted octanol–water partition coefficient (Wildman–Crippen LogP) is -0.678. The third kappa shape index (κ3) is 3.76. The SMILES string of the molecule is COC(=O)CNC(=O)NC(C(=O)O)C1CC1. The normalized spacial score (nSPS) is 16.1. The van der Waals surface area contributed by atoms with Gasteiger partial charge in [0.15, 0.2) is 0 Å². The summed E-state index contributed by atoms with van der Waals surface area (Å²) < 4.78 is 4.32. The van der Waals surface area contributed by atoms with Crippen molar-refractivity contribution in [2.75, 3.05) is 13.7 Å². The molecule has 2 amide bonds. The molecule has 1 aliphatic carbocycles. The second-order valence-electron chi connectivity index (χ2n) is 3.56. The molecule has 0 aliphatic heterocycles. The fourth-order valence-electron chi connectivity index (χ4n) is 1.23. The molecule has 1 atom stereocenters. The third-order valence-electron chi connectivity index (χ3n) is 2.27. The highest BCUT2D eigenvalue weighted by atomic mass is 16.5. The summed E-state index contributed by atoms with van der Waals surface area (Å²) in [4.78, 5) is 32.7. The molecule has 1 saturated carbocycles. The standard InChI is InChI=1S/C9H14N2O5/c1-16-6(12)4-10-9(15)11-7(8(13)14)5-2-3-5/h5,7H,2-4H2,1H3,(H,13,14)(H2,10,11,15). The first-order valence-electron chi connectivity index (χ1n) is 4.88. The van der Waals surface area contributed by atoms with Crippen molar-refractivity contribution in [2.24, 2.45) is 5.92 Å². The van der Waals surface area contributed by atoms with E-state index < -0.39 is 24.0 Å². The number of rotatable bonds is 5. The summed E-state index contributed by atoms with van der Waals surface area (Å²) in [5.74, 6) is -1.65. The molecule has 0 heterocycles. The number of hydrogen-bond acceptors (Lipinski definition) is 4. The van der Waals surface area contributed by atoms with Gasteiger partial charge >= 0.3 is 18.0 Å². The minimum Gasteiger partial charge on any atom is -0.480 e. The number of nitrogens with one attached hydrogen (secondary N) is 2. The van der Waals surface area contributed by atoms with E-state index in [0.29, 0.717) is 0 Å². The lowest BCUT2D eigenvalue weighted by molar-refractivity contribution is -0.140. The van der Waals surface area contributed by atoms with E-state index in [1.165, 1.54) is 7.11 Å². The summed E-state index contributed by atoms with van der Waals surface area (Å²) >= 11 is 0. The van der Waals surface area contributed by atoms with Gasteiger partial charge in [0, 0.05) is 0 Å². The molecule has 0 aromatic carbocycles. The maximum absolute atomic E-state index is 11.2. The molecule has 7 heteroatoms. The van der Waals surface area contributed by atoms with E-state index in [9.17, 15) is 14.4 Å². The summed E-state index contributed by atoms with van der Waals surface area (Å²) in [6.45, 7) is -0.278. The van der Waals surface area contributed by atoms with Crippen LogP contribution in [0.15, 0.2) is 0 Å². The first-order chi connectivity index (χ1) is 7.54.